The molecule has 1 N–H and O–H groups in total. The molecule has 2 aromatic rings. The van der Waals surface area contributed by atoms with E-state index in [1.165, 1.54) is 11.1 Å². The van der Waals surface area contributed by atoms with Crippen LogP contribution in [0.5, 0.6) is 0 Å². The van der Waals surface area contributed by atoms with Crippen molar-refractivity contribution >= 4 is 0 Å². The quantitative estimate of drug-likeness (QED) is 0.918. The van der Waals surface area contributed by atoms with Crippen molar-refractivity contribution in [3.63, 3.8) is 0 Å². The summed E-state index contributed by atoms with van der Waals surface area (Å²) >= 11 is 0. The predicted octanol–water partition coefficient (Wildman–Crippen LogP) is 2.70. The molecule has 0 saturated carbocycles. The van der Waals surface area contributed by atoms with Crippen LogP contribution in [-0.4, -0.2) is 22.4 Å². The molecule has 1 aromatic carbocycles. The monoisotopic (exact) mass is 285 g/mol. The van der Waals surface area contributed by atoms with Gasteiger partial charge in [0.05, 0.1) is 18.8 Å². The van der Waals surface area contributed by atoms with Crippen LogP contribution in [0.25, 0.3) is 0 Å². The van der Waals surface area contributed by atoms with E-state index in [0.29, 0.717) is 6.04 Å². The van der Waals surface area contributed by atoms with Gasteiger partial charge in [0.25, 0.3) is 0 Å². The van der Waals surface area contributed by atoms with Gasteiger partial charge in [-0.2, -0.15) is 5.10 Å². The van der Waals surface area contributed by atoms with Crippen molar-refractivity contribution in [3.05, 3.63) is 53.3 Å². The van der Waals surface area contributed by atoms with Gasteiger partial charge in [-0.3, -0.25) is 4.68 Å². The molecule has 0 amide bonds. The lowest BCUT2D eigenvalue weighted by atomic mass is 9.98. The Morgan fingerprint density at radius 2 is 2.19 bits per heavy atom. The fraction of sp³-hybridized carbons (Fsp3) is 0.471. The molecule has 0 fully saturated rings. The molecule has 1 unspecified atom stereocenters. The third-order valence-corrected chi connectivity index (χ3v) is 3.83. The van der Waals surface area contributed by atoms with E-state index in [0.717, 1.165) is 31.8 Å². The smallest absolute Gasteiger partial charge is 0.102 e. The first-order valence-corrected chi connectivity index (χ1v) is 7.67. The molecule has 0 aliphatic carbocycles. The topological polar surface area (TPSA) is 39.1 Å². The Hall–Kier alpha value is -1.65. The first-order chi connectivity index (χ1) is 10.2. The average Bonchev–Trinajstić information content (AvgIpc) is 2.93. The first kappa shape index (κ1) is 14.3. The standard InChI is InChI=1S/C17H23N3O/c1-13(2)18-11-15-7-9-20(19-15)12-17-16-6-4-3-5-14(16)8-10-21-17/h3-7,9,13,17-18H,8,10-12H2,1-2H3. The molecule has 1 atom stereocenters. The van der Waals surface area contributed by atoms with Crippen molar-refractivity contribution in [1.82, 2.24) is 15.1 Å². The van der Waals surface area contributed by atoms with E-state index >= 15 is 0 Å². The molecule has 0 radical (unpaired) electrons. The van der Waals surface area contributed by atoms with Crippen molar-refractivity contribution in [2.45, 2.75) is 45.5 Å². The molecule has 0 spiro atoms. The van der Waals surface area contributed by atoms with Crippen LogP contribution in [0.4, 0.5) is 0 Å². The maximum absolute atomic E-state index is 5.94. The number of fused-ring (bicyclic) bond motifs is 1. The Morgan fingerprint density at radius 1 is 1.33 bits per heavy atom. The molecular formula is C17H23N3O. The summed E-state index contributed by atoms with van der Waals surface area (Å²) in [4.78, 5) is 0. The maximum atomic E-state index is 5.94. The van der Waals surface area contributed by atoms with Crippen molar-refractivity contribution in [2.75, 3.05) is 6.61 Å². The zero-order valence-electron chi connectivity index (χ0n) is 12.7. The summed E-state index contributed by atoms with van der Waals surface area (Å²) in [6, 6.07) is 11.1. The van der Waals surface area contributed by atoms with Crippen LogP contribution in [0, 0.1) is 0 Å². The van der Waals surface area contributed by atoms with Crippen LogP contribution in [0.15, 0.2) is 36.5 Å². The normalized spacial score (nSPS) is 18.0. The van der Waals surface area contributed by atoms with Gasteiger partial charge in [-0.05, 0) is 23.6 Å². The highest BCUT2D eigenvalue weighted by Crippen LogP contribution is 2.27. The summed E-state index contributed by atoms with van der Waals surface area (Å²) < 4.78 is 7.93. The summed E-state index contributed by atoms with van der Waals surface area (Å²) in [6.45, 7) is 6.67. The van der Waals surface area contributed by atoms with Gasteiger partial charge in [0, 0.05) is 18.8 Å². The lowest BCUT2D eigenvalue weighted by Gasteiger charge is -2.26. The highest BCUT2D eigenvalue weighted by Gasteiger charge is 2.21. The number of rotatable bonds is 5. The Labute approximate surface area is 126 Å². The second-order valence-corrected chi connectivity index (χ2v) is 5.87. The second-order valence-electron chi connectivity index (χ2n) is 5.87. The summed E-state index contributed by atoms with van der Waals surface area (Å²) in [5.74, 6) is 0. The van der Waals surface area contributed by atoms with Crippen molar-refractivity contribution in [1.29, 1.82) is 0 Å². The van der Waals surface area contributed by atoms with Crippen LogP contribution < -0.4 is 5.32 Å². The minimum atomic E-state index is 0.112. The van der Waals surface area contributed by atoms with Crippen LogP contribution in [0.1, 0.15) is 36.8 Å². The first-order valence-electron chi connectivity index (χ1n) is 7.67. The number of benzene rings is 1. The van der Waals surface area contributed by atoms with E-state index < -0.39 is 0 Å². The van der Waals surface area contributed by atoms with Gasteiger partial charge >= 0.3 is 0 Å². The van der Waals surface area contributed by atoms with Crippen molar-refractivity contribution < 1.29 is 4.74 Å². The molecule has 4 nitrogen and oxygen atoms in total. The Kier molecular flexibility index (Phi) is 4.36. The van der Waals surface area contributed by atoms with Crippen LogP contribution >= 0.6 is 0 Å². The minimum absolute atomic E-state index is 0.112. The SMILES string of the molecule is CC(C)NCc1ccn(CC2OCCc3ccccc32)n1. The third kappa shape index (κ3) is 3.52. The summed E-state index contributed by atoms with van der Waals surface area (Å²) in [5.41, 5.74) is 3.79. The molecule has 21 heavy (non-hydrogen) atoms. The maximum Gasteiger partial charge on any atom is 0.102 e. The van der Waals surface area contributed by atoms with E-state index in [1.807, 2.05) is 10.9 Å². The van der Waals surface area contributed by atoms with Gasteiger partial charge in [0.15, 0.2) is 0 Å². The zero-order chi connectivity index (χ0) is 14.7. The van der Waals surface area contributed by atoms with E-state index in [1.54, 1.807) is 0 Å². The summed E-state index contributed by atoms with van der Waals surface area (Å²) in [6.07, 6.45) is 3.16. The average molecular weight is 285 g/mol. The highest BCUT2D eigenvalue weighted by atomic mass is 16.5. The van der Waals surface area contributed by atoms with E-state index in [-0.39, 0.29) is 6.10 Å². The van der Waals surface area contributed by atoms with Crippen molar-refractivity contribution in [3.8, 4) is 0 Å². The lowest BCUT2D eigenvalue weighted by Crippen LogP contribution is -2.23. The van der Waals surface area contributed by atoms with Crippen LogP contribution in [0.2, 0.25) is 0 Å². The number of nitrogens with zero attached hydrogens (tertiary/aromatic N) is 2. The molecule has 1 aliphatic rings. The molecule has 0 bridgehead atoms. The molecular weight excluding hydrogens is 262 g/mol. The van der Waals surface area contributed by atoms with Crippen molar-refractivity contribution in [2.24, 2.45) is 0 Å². The largest absolute Gasteiger partial charge is 0.371 e. The number of hydrogen-bond donors (Lipinski definition) is 1. The molecule has 0 saturated heterocycles. The summed E-state index contributed by atoms with van der Waals surface area (Å²) in [5, 5.41) is 8.01. The predicted molar refractivity (Wildman–Crippen MR) is 83.0 cm³/mol. The van der Waals surface area contributed by atoms with Gasteiger partial charge in [-0.25, -0.2) is 0 Å². The molecule has 3 rings (SSSR count). The Balaban J connectivity index is 1.67. The molecule has 112 valence electrons. The number of aromatic nitrogens is 2. The van der Waals surface area contributed by atoms with E-state index in [4.69, 9.17) is 4.74 Å². The molecule has 1 aromatic heterocycles. The second kappa shape index (κ2) is 6.41. The van der Waals surface area contributed by atoms with Gasteiger partial charge in [-0.1, -0.05) is 38.1 Å². The molecule has 4 heteroatoms. The lowest BCUT2D eigenvalue weighted by molar-refractivity contribution is 0.0282. The van der Waals surface area contributed by atoms with Gasteiger partial charge in [0.2, 0.25) is 0 Å². The Morgan fingerprint density at radius 3 is 3.05 bits per heavy atom. The van der Waals surface area contributed by atoms with Gasteiger partial charge in [0.1, 0.15) is 6.10 Å². The summed E-state index contributed by atoms with van der Waals surface area (Å²) in [7, 11) is 0. The Bertz CT molecular complexity index is 591. The number of ether oxygens (including phenoxy) is 1. The third-order valence-electron chi connectivity index (χ3n) is 3.83. The molecule has 2 heterocycles. The van der Waals surface area contributed by atoms with Crippen LogP contribution in [0.3, 0.4) is 0 Å². The van der Waals surface area contributed by atoms with E-state index in [2.05, 4.69) is 54.6 Å². The van der Waals surface area contributed by atoms with Crippen LogP contribution in [-0.2, 0) is 24.2 Å². The fourth-order valence-electron chi connectivity index (χ4n) is 2.71. The van der Waals surface area contributed by atoms with Gasteiger partial charge in [-0.15, -0.1) is 0 Å². The minimum Gasteiger partial charge on any atom is -0.371 e. The fourth-order valence-corrected chi connectivity index (χ4v) is 2.71. The molecule has 1 aliphatic heterocycles. The highest BCUT2D eigenvalue weighted by molar-refractivity contribution is 5.30. The van der Waals surface area contributed by atoms with E-state index in [9.17, 15) is 0 Å². The zero-order valence-corrected chi connectivity index (χ0v) is 12.7. The van der Waals surface area contributed by atoms with Gasteiger partial charge < -0.3 is 10.1 Å². The number of hydrogen-bond acceptors (Lipinski definition) is 3. The number of nitrogens with one attached hydrogen (secondary N) is 1.